The lowest BCUT2D eigenvalue weighted by Gasteiger charge is -2.00. The number of carbonyl (C=O) groups excluding carboxylic acids is 1. The molecule has 0 unspecified atom stereocenters. The van der Waals surface area contributed by atoms with Gasteiger partial charge in [0.1, 0.15) is 5.75 Å². The molecule has 1 aromatic rings. The van der Waals surface area contributed by atoms with Crippen LogP contribution in [0.2, 0.25) is 0 Å². The van der Waals surface area contributed by atoms with Crippen molar-refractivity contribution < 1.29 is 9.53 Å². The first-order valence-electron chi connectivity index (χ1n) is 5.03. The minimum atomic E-state index is -0.681. The van der Waals surface area contributed by atoms with E-state index in [1.807, 2.05) is 30.3 Å². The Kier molecular flexibility index (Phi) is 4.75. The van der Waals surface area contributed by atoms with Crippen LogP contribution in [-0.4, -0.2) is 18.9 Å². The molecular formula is C12H15N3O2. The van der Waals surface area contributed by atoms with Gasteiger partial charge in [-0.05, 0) is 30.7 Å². The number of nitrogens with two attached hydrogens (primary N) is 1. The molecule has 1 rings (SSSR count). The van der Waals surface area contributed by atoms with Gasteiger partial charge >= 0.3 is 6.03 Å². The molecule has 0 saturated heterocycles. The minimum Gasteiger partial charge on any atom is -0.497 e. The number of allylic oxidation sites excluding steroid dienone is 1. The van der Waals surface area contributed by atoms with Crippen molar-refractivity contribution in [2.75, 3.05) is 7.11 Å². The van der Waals surface area contributed by atoms with Crippen LogP contribution in [0, 0.1) is 0 Å². The molecule has 0 aromatic heterocycles. The molecule has 0 spiro atoms. The zero-order chi connectivity index (χ0) is 12.7. The fraction of sp³-hybridized carbons (Fsp3) is 0.167. The van der Waals surface area contributed by atoms with Gasteiger partial charge in [0.25, 0.3) is 0 Å². The second kappa shape index (κ2) is 6.32. The number of rotatable bonds is 4. The summed E-state index contributed by atoms with van der Waals surface area (Å²) < 4.78 is 5.10. The van der Waals surface area contributed by atoms with E-state index in [1.165, 1.54) is 0 Å². The second-order valence-corrected chi connectivity index (χ2v) is 3.34. The van der Waals surface area contributed by atoms with Crippen molar-refractivity contribution >= 4 is 17.8 Å². The number of hydrogen-bond donors (Lipinski definition) is 2. The number of nitrogens with one attached hydrogen (secondary N) is 1. The van der Waals surface area contributed by atoms with Crippen LogP contribution in [0.5, 0.6) is 5.75 Å². The minimum absolute atomic E-state index is 0.645. The predicted molar refractivity (Wildman–Crippen MR) is 67.9 cm³/mol. The maximum absolute atomic E-state index is 10.4. The topological polar surface area (TPSA) is 76.7 Å². The average molecular weight is 233 g/mol. The Morgan fingerprint density at radius 1 is 1.53 bits per heavy atom. The molecule has 0 heterocycles. The molecular weight excluding hydrogens is 218 g/mol. The lowest BCUT2D eigenvalue weighted by atomic mass is 10.2. The number of urea groups is 1. The van der Waals surface area contributed by atoms with Crippen molar-refractivity contribution in [1.29, 1.82) is 0 Å². The number of amides is 2. The molecule has 5 heteroatoms. The molecule has 90 valence electrons. The van der Waals surface area contributed by atoms with Gasteiger partial charge in [0, 0.05) is 0 Å². The van der Waals surface area contributed by atoms with E-state index in [1.54, 1.807) is 20.1 Å². The molecule has 2 amide bonds. The molecule has 0 atom stereocenters. The standard InChI is InChI=1S/C12H15N3O2/c1-9(14-15-12(13)16)6-7-10-4-3-5-11(8-10)17-2/h3-8H,1-2H3,(H3,13,15,16)/b7-6+,14-9+. The summed E-state index contributed by atoms with van der Waals surface area (Å²) in [7, 11) is 1.62. The zero-order valence-corrected chi connectivity index (χ0v) is 9.81. The summed E-state index contributed by atoms with van der Waals surface area (Å²) >= 11 is 0. The van der Waals surface area contributed by atoms with Crippen molar-refractivity contribution in [3.8, 4) is 5.75 Å². The lowest BCUT2D eigenvalue weighted by molar-refractivity contribution is 0.249. The number of benzene rings is 1. The van der Waals surface area contributed by atoms with E-state index in [4.69, 9.17) is 10.5 Å². The van der Waals surface area contributed by atoms with Crippen LogP contribution in [0.25, 0.3) is 6.08 Å². The monoisotopic (exact) mass is 233 g/mol. The zero-order valence-electron chi connectivity index (χ0n) is 9.81. The summed E-state index contributed by atoms with van der Waals surface area (Å²) in [4.78, 5) is 10.4. The number of methoxy groups -OCH3 is 1. The summed E-state index contributed by atoms with van der Waals surface area (Å²) in [5.41, 5.74) is 8.67. The summed E-state index contributed by atoms with van der Waals surface area (Å²) in [5, 5.41) is 3.76. The molecule has 0 aliphatic heterocycles. The van der Waals surface area contributed by atoms with E-state index in [-0.39, 0.29) is 0 Å². The van der Waals surface area contributed by atoms with E-state index in [9.17, 15) is 4.79 Å². The highest BCUT2D eigenvalue weighted by Gasteiger charge is 1.92. The average Bonchev–Trinajstić information content (AvgIpc) is 2.34. The van der Waals surface area contributed by atoms with Gasteiger partial charge in [-0.2, -0.15) is 5.10 Å². The first kappa shape index (κ1) is 12.8. The van der Waals surface area contributed by atoms with E-state index < -0.39 is 6.03 Å². The summed E-state index contributed by atoms with van der Waals surface area (Å²) in [6.45, 7) is 1.76. The fourth-order valence-electron chi connectivity index (χ4n) is 1.14. The third-order valence-electron chi connectivity index (χ3n) is 1.95. The van der Waals surface area contributed by atoms with Gasteiger partial charge in [-0.1, -0.05) is 18.2 Å². The van der Waals surface area contributed by atoms with Crippen molar-refractivity contribution in [3.05, 3.63) is 35.9 Å². The van der Waals surface area contributed by atoms with Crippen LogP contribution in [-0.2, 0) is 0 Å². The Hall–Kier alpha value is -2.30. The van der Waals surface area contributed by atoms with Crippen LogP contribution < -0.4 is 15.9 Å². The predicted octanol–water partition coefficient (Wildman–Crippen LogP) is 1.75. The normalized spacial score (nSPS) is 11.5. The highest BCUT2D eigenvalue weighted by molar-refractivity contribution is 5.96. The number of primary amides is 1. The van der Waals surface area contributed by atoms with E-state index in [0.717, 1.165) is 11.3 Å². The Balaban J connectivity index is 2.69. The third kappa shape index (κ3) is 4.83. The molecule has 1 aromatic carbocycles. The summed E-state index contributed by atoms with van der Waals surface area (Å²) in [5.74, 6) is 0.789. The lowest BCUT2D eigenvalue weighted by Crippen LogP contribution is -2.25. The maximum Gasteiger partial charge on any atom is 0.332 e. The van der Waals surface area contributed by atoms with Gasteiger partial charge in [0.2, 0.25) is 0 Å². The molecule has 17 heavy (non-hydrogen) atoms. The Labute approximate surface area is 100.0 Å². The number of carbonyl (C=O) groups is 1. The van der Waals surface area contributed by atoms with Gasteiger partial charge in [0.15, 0.2) is 0 Å². The van der Waals surface area contributed by atoms with Crippen molar-refractivity contribution in [3.63, 3.8) is 0 Å². The molecule has 0 fully saturated rings. The van der Waals surface area contributed by atoms with Crippen LogP contribution in [0.4, 0.5) is 4.79 Å². The Morgan fingerprint density at radius 3 is 2.94 bits per heavy atom. The van der Waals surface area contributed by atoms with Crippen LogP contribution in [0.15, 0.2) is 35.4 Å². The quantitative estimate of drug-likeness (QED) is 0.614. The van der Waals surface area contributed by atoms with Crippen LogP contribution >= 0.6 is 0 Å². The summed E-state index contributed by atoms with van der Waals surface area (Å²) in [6.07, 6.45) is 3.63. The summed E-state index contributed by atoms with van der Waals surface area (Å²) in [6, 6.07) is 6.91. The van der Waals surface area contributed by atoms with Crippen molar-refractivity contribution in [2.45, 2.75) is 6.92 Å². The second-order valence-electron chi connectivity index (χ2n) is 3.34. The molecule has 0 aliphatic rings. The van der Waals surface area contributed by atoms with E-state index in [2.05, 4.69) is 10.5 Å². The molecule has 0 aliphatic carbocycles. The number of nitrogens with zero attached hydrogens (tertiary/aromatic N) is 1. The first-order chi connectivity index (χ1) is 8.11. The molecule has 0 radical (unpaired) electrons. The third-order valence-corrected chi connectivity index (χ3v) is 1.95. The molecule has 5 nitrogen and oxygen atoms in total. The highest BCUT2D eigenvalue weighted by Crippen LogP contribution is 2.13. The Morgan fingerprint density at radius 2 is 2.29 bits per heavy atom. The van der Waals surface area contributed by atoms with Gasteiger partial charge in [-0.25, -0.2) is 10.2 Å². The van der Waals surface area contributed by atoms with Crippen molar-refractivity contribution in [2.24, 2.45) is 10.8 Å². The molecule has 0 bridgehead atoms. The number of hydrazone groups is 1. The number of ether oxygens (including phenoxy) is 1. The SMILES string of the molecule is COc1cccc(/C=C/C(C)=N/NC(N)=O)c1. The Bertz CT molecular complexity index is 453. The van der Waals surface area contributed by atoms with Gasteiger partial charge in [-0.3, -0.25) is 0 Å². The molecule has 0 saturated carbocycles. The van der Waals surface area contributed by atoms with Crippen LogP contribution in [0.3, 0.4) is 0 Å². The fourth-order valence-corrected chi connectivity index (χ4v) is 1.14. The van der Waals surface area contributed by atoms with E-state index in [0.29, 0.717) is 5.71 Å². The van der Waals surface area contributed by atoms with E-state index >= 15 is 0 Å². The first-order valence-corrected chi connectivity index (χ1v) is 5.03. The number of hydrogen-bond acceptors (Lipinski definition) is 3. The smallest absolute Gasteiger partial charge is 0.332 e. The van der Waals surface area contributed by atoms with Crippen molar-refractivity contribution in [1.82, 2.24) is 5.43 Å². The van der Waals surface area contributed by atoms with Gasteiger partial charge in [0.05, 0.1) is 12.8 Å². The molecule has 3 N–H and O–H groups in total. The highest BCUT2D eigenvalue weighted by atomic mass is 16.5. The van der Waals surface area contributed by atoms with Gasteiger partial charge in [-0.15, -0.1) is 0 Å². The van der Waals surface area contributed by atoms with Crippen LogP contribution in [0.1, 0.15) is 12.5 Å². The largest absolute Gasteiger partial charge is 0.497 e. The van der Waals surface area contributed by atoms with Gasteiger partial charge < -0.3 is 10.5 Å². The maximum atomic E-state index is 10.4.